The van der Waals surface area contributed by atoms with E-state index in [1.807, 2.05) is 0 Å². The molecule has 100 valence electrons. The van der Waals surface area contributed by atoms with Gasteiger partial charge in [-0.1, -0.05) is 6.07 Å². The van der Waals surface area contributed by atoms with E-state index in [0.29, 0.717) is 11.6 Å². The number of carbonyl (C=O) groups is 1. The van der Waals surface area contributed by atoms with Gasteiger partial charge in [0, 0.05) is 7.05 Å². The van der Waals surface area contributed by atoms with E-state index in [-0.39, 0.29) is 17.9 Å². The van der Waals surface area contributed by atoms with Gasteiger partial charge in [-0.05, 0) is 12.1 Å². The molecule has 0 unspecified atom stereocenters. The maximum absolute atomic E-state index is 11.1. The van der Waals surface area contributed by atoms with Crippen molar-refractivity contribution in [1.29, 1.82) is 0 Å². The van der Waals surface area contributed by atoms with Gasteiger partial charge in [-0.2, -0.15) is 0 Å². The fourth-order valence-corrected chi connectivity index (χ4v) is 1.57. The molecule has 0 saturated carbocycles. The van der Waals surface area contributed by atoms with Crippen LogP contribution in [0.4, 0.5) is 0 Å². The Morgan fingerprint density at radius 3 is 2.84 bits per heavy atom. The van der Waals surface area contributed by atoms with Crippen LogP contribution in [0, 0.1) is 0 Å². The highest BCUT2D eigenvalue weighted by atomic mass is 16.5. The second kappa shape index (κ2) is 5.38. The Hall–Kier alpha value is -2.57. The summed E-state index contributed by atoms with van der Waals surface area (Å²) in [4.78, 5) is 11.1. The van der Waals surface area contributed by atoms with E-state index in [4.69, 9.17) is 14.6 Å². The molecule has 1 N–H and O–H groups in total. The number of ether oxygens (including phenoxy) is 2. The van der Waals surface area contributed by atoms with Gasteiger partial charge in [-0.15, -0.1) is 10.2 Å². The van der Waals surface area contributed by atoms with Crippen molar-refractivity contribution < 1.29 is 19.4 Å². The molecule has 19 heavy (non-hydrogen) atoms. The fourth-order valence-electron chi connectivity index (χ4n) is 1.57. The summed E-state index contributed by atoms with van der Waals surface area (Å²) in [5.74, 6) is 0.0525. The monoisotopic (exact) mass is 263 g/mol. The molecule has 0 bridgehead atoms. The molecule has 0 fully saturated rings. The Labute approximate surface area is 109 Å². The summed E-state index contributed by atoms with van der Waals surface area (Å²) in [7, 11) is 3.23. The Bertz CT molecular complexity index is 594. The summed E-state index contributed by atoms with van der Waals surface area (Å²) >= 11 is 0. The van der Waals surface area contributed by atoms with E-state index in [2.05, 4.69) is 10.2 Å². The highest BCUT2D eigenvalue weighted by Gasteiger charge is 2.17. The fraction of sp³-hybridized carbons (Fsp3) is 0.250. The highest BCUT2D eigenvalue weighted by molar-refractivity contribution is 5.92. The lowest BCUT2D eigenvalue weighted by molar-refractivity contribution is 0.0690. The molecular weight excluding hydrogens is 250 g/mol. The lowest BCUT2D eigenvalue weighted by atomic mass is 10.2. The predicted octanol–water partition coefficient (Wildman–Crippen LogP) is 1.10. The van der Waals surface area contributed by atoms with Gasteiger partial charge < -0.3 is 19.1 Å². The first-order valence-corrected chi connectivity index (χ1v) is 5.49. The lowest BCUT2D eigenvalue weighted by Crippen LogP contribution is -2.08. The zero-order valence-corrected chi connectivity index (χ0v) is 10.5. The van der Waals surface area contributed by atoms with Crippen LogP contribution in [0.3, 0.4) is 0 Å². The maximum atomic E-state index is 11.1. The number of methoxy groups -OCH3 is 1. The minimum absolute atomic E-state index is 0.0431. The normalized spacial score (nSPS) is 10.2. The number of nitrogens with zero attached hydrogens (tertiary/aromatic N) is 3. The Balaban J connectivity index is 2.28. The second-order valence-corrected chi connectivity index (χ2v) is 3.79. The molecule has 0 spiro atoms. The summed E-state index contributed by atoms with van der Waals surface area (Å²) in [6.45, 7) is 0.108. The van der Waals surface area contributed by atoms with Crippen LogP contribution in [-0.4, -0.2) is 33.0 Å². The van der Waals surface area contributed by atoms with Crippen molar-refractivity contribution in [1.82, 2.24) is 14.8 Å². The van der Waals surface area contributed by atoms with Gasteiger partial charge in [0.1, 0.15) is 18.5 Å². The molecule has 7 heteroatoms. The van der Waals surface area contributed by atoms with Gasteiger partial charge >= 0.3 is 5.97 Å². The van der Waals surface area contributed by atoms with Crippen LogP contribution < -0.4 is 9.47 Å². The molecule has 0 radical (unpaired) electrons. The van der Waals surface area contributed by atoms with Crippen LogP contribution >= 0.6 is 0 Å². The number of benzene rings is 1. The Morgan fingerprint density at radius 2 is 2.26 bits per heavy atom. The minimum atomic E-state index is -1.08. The first-order chi connectivity index (χ1) is 9.13. The van der Waals surface area contributed by atoms with Crippen molar-refractivity contribution in [3.63, 3.8) is 0 Å². The van der Waals surface area contributed by atoms with Crippen molar-refractivity contribution in [3.05, 3.63) is 35.9 Å². The molecule has 1 aromatic heterocycles. The first kappa shape index (κ1) is 12.9. The summed E-state index contributed by atoms with van der Waals surface area (Å²) in [5.41, 5.74) is 0.0431. The summed E-state index contributed by atoms with van der Waals surface area (Å²) in [6.07, 6.45) is 1.54. The smallest absolute Gasteiger partial charge is 0.339 e. The molecule has 1 heterocycles. The van der Waals surface area contributed by atoms with Crippen LogP contribution in [0.25, 0.3) is 0 Å². The molecular formula is C12H13N3O4. The molecule has 0 aliphatic carbocycles. The average molecular weight is 263 g/mol. The van der Waals surface area contributed by atoms with Crippen molar-refractivity contribution in [2.45, 2.75) is 6.61 Å². The SMILES string of the molecule is COc1cccc(C(=O)O)c1OCc1nncn1C. The van der Waals surface area contributed by atoms with Gasteiger partial charge in [0.2, 0.25) is 0 Å². The molecule has 0 aliphatic rings. The van der Waals surface area contributed by atoms with E-state index in [1.54, 1.807) is 30.1 Å². The van der Waals surface area contributed by atoms with Crippen LogP contribution in [0.2, 0.25) is 0 Å². The van der Waals surface area contributed by atoms with Gasteiger partial charge in [0.15, 0.2) is 17.3 Å². The molecule has 7 nitrogen and oxygen atoms in total. The molecule has 0 amide bonds. The number of carboxylic acids is 1. The van der Waals surface area contributed by atoms with Crippen LogP contribution in [0.1, 0.15) is 16.2 Å². The zero-order valence-electron chi connectivity index (χ0n) is 10.5. The number of carboxylic acid groups (broad SMARTS) is 1. The zero-order chi connectivity index (χ0) is 13.8. The third-order valence-corrected chi connectivity index (χ3v) is 2.58. The van der Waals surface area contributed by atoms with Crippen molar-refractivity contribution in [2.24, 2.45) is 7.05 Å². The summed E-state index contributed by atoms with van der Waals surface area (Å²) in [5, 5.41) is 16.7. The molecule has 2 aromatic rings. The van der Waals surface area contributed by atoms with Crippen molar-refractivity contribution in [3.8, 4) is 11.5 Å². The quantitative estimate of drug-likeness (QED) is 0.869. The number of hydrogen-bond donors (Lipinski definition) is 1. The number of aromatic carboxylic acids is 1. The highest BCUT2D eigenvalue weighted by Crippen LogP contribution is 2.31. The summed E-state index contributed by atoms with van der Waals surface area (Å²) in [6, 6.07) is 4.69. The average Bonchev–Trinajstić information content (AvgIpc) is 2.81. The second-order valence-electron chi connectivity index (χ2n) is 3.79. The van der Waals surface area contributed by atoms with Gasteiger partial charge in [0.05, 0.1) is 7.11 Å². The Kier molecular flexibility index (Phi) is 3.65. The van der Waals surface area contributed by atoms with Gasteiger partial charge in [0.25, 0.3) is 0 Å². The molecule has 0 aliphatic heterocycles. The van der Waals surface area contributed by atoms with E-state index < -0.39 is 5.97 Å². The van der Waals surface area contributed by atoms with Gasteiger partial charge in [-0.25, -0.2) is 4.79 Å². The number of hydrogen-bond acceptors (Lipinski definition) is 5. The van der Waals surface area contributed by atoms with E-state index in [9.17, 15) is 4.79 Å². The molecule has 0 atom stereocenters. The maximum Gasteiger partial charge on any atom is 0.339 e. The number of para-hydroxylation sites is 1. The van der Waals surface area contributed by atoms with Crippen molar-refractivity contribution in [2.75, 3.05) is 7.11 Å². The third-order valence-electron chi connectivity index (χ3n) is 2.58. The topological polar surface area (TPSA) is 86.5 Å². The number of rotatable bonds is 5. The Morgan fingerprint density at radius 1 is 1.47 bits per heavy atom. The van der Waals surface area contributed by atoms with Crippen LogP contribution in [-0.2, 0) is 13.7 Å². The number of aryl methyl sites for hydroxylation is 1. The summed E-state index contributed by atoms with van der Waals surface area (Å²) < 4.78 is 12.3. The van der Waals surface area contributed by atoms with Crippen molar-refractivity contribution >= 4 is 5.97 Å². The van der Waals surface area contributed by atoms with E-state index >= 15 is 0 Å². The molecule has 2 rings (SSSR count). The largest absolute Gasteiger partial charge is 0.493 e. The van der Waals surface area contributed by atoms with Crippen LogP contribution in [0.5, 0.6) is 11.5 Å². The standard InChI is InChI=1S/C12H13N3O4/c1-15-7-13-14-10(15)6-19-11-8(12(16)17)4-3-5-9(11)18-2/h3-5,7H,6H2,1-2H3,(H,16,17). The van der Waals surface area contributed by atoms with E-state index in [1.165, 1.54) is 13.2 Å². The molecule has 1 aromatic carbocycles. The predicted molar refractivity (Wildman–Crippen MR) is 65.3 cm³/mol. The minimum Gasteiger partial charge on any atom is -0.493 e. The number of aromatic nitrogens is 3. The van der Waals surface area contributed by atoms with Gasteiger partial charge in [-0.3, -0.25) is 0 Å². The van der Waals surface area contributed by atoms with E-state index in [0.717, 1.165) is 0 Å². The molecule has 0 saturated heterocycles. The lowest BCUT2D eigenvalue weighted by Gasteiger charge is -2.12. The third kappa shape index (κ3) is 2.65. The van der Waals surface area contributed by atoms with Crippen LogP contribution in [0.15, 0.2) is 24.5 Å². The first-order valence-electron chi connectivity index (χ1n) is 5.49.